The van der Waals surface area contributed by atoms with Gasteiger partial charge in [0.05, 0.1) is 0 Å². The first-order valence-corrected chi connectivity index (χ1v) is 36.5. The highest BCUT2D eigenvalue weighted by Gasteiger charge is 2.22. The van der Waals surface area contributed by atoms with E-state index in [9.17, 15) is 0 Å². The van der Waals surface area contributed by atoms with Gasteiger partial charge in [-0.1, -0.05) is 284 Å². The fourth-order valence-corrected chi connectivity index (χ4v) is 14.0. The van der Waals surface area contributed by atoms with Crippen LogP contribution in [0.1, 0.15) is 183 Å². The molecule has 0 unspecified atom stereocenters. The van der Waals surface area contributed by atoms with Crippen LogP contribution in [-0.2, 0) is 31.1 Å². The van der Waals surface area contributed by atoms with Gasteiger partial charge in [-0.15, -0.1) is 0 Å². The molecule has 11 rings (SSSR count). The van der Waals surface area contributed by atoms with Gasteiger partial charge in [-0.2, -0.15) is 0 Å². The summed E-state index contributed by atoms with van der Waals surface area (Å²) in [4.78, 5) is 4.90. The number of unbranched alkanes of at least 4 members (excludes halogenated alkanes) is 7. The number of nitrogens with zero attached hydrogens (tertiary/aromatic N) is 2. The van der Waals surface area contributed by atoms with E-state index in [1.54, 1.807) is 0 Å². The molecule has 0 amide bonds. The largest absolute Gasteiger partial charge is 0.310 e. The average Bonchev–Trinajstić information content (AvgIpc) is 0.771. The van der Waals surface area contributed by atoms with Crippen molar-refractivity contribution in [2.45, 2.75) is 184 Å². The molecule has 0 saturated carbocycles. The Kier molecular flexibility index (Phi) is 22.9. The second kappa shape index (κ2) is 32.2. The van der Waals surface area contributed by atoms with Crippen molar-refractivity contribution in [1.82, 2.24) is 0 Å². The lowest BCUT2D eigenvalue weighted by molar-refractivity contribution is 0.590. The zero-order chi connectivity index (χ0) is 67.1. The molecule has 11 aromatic carbocycles. The molecular formula is C94H104N2. The first kappa shape index (κ1) is 68.4. The van der Waals surface area contributed by atoms with Gasteiger partial charge in [0.1, 0.15) is 0 Å². The summed E-state index contributed by atoms with van der Waals surface area (Å²) in [6.45, 7) is 25.2. The van der Waals surface area contributed by atoms with Crippen LogP contribution in [-0.4, -0.2) is 0 Å². The van der Waals surface area contributed by atoms with Crippen LogP contribution in [0.5, 0.6) is 0 Å². The van der Waals surface area contributed by atoms with Crippen LogP contribution >= 0.6 is 0 Å². The number of anilines is 6. The molecule has 2 heteroatoms. The number of aryl methyl sites for hydroxylation is 6. The summed E-state index contributed by atoms with van der Waals surface area (Å²) in [5, 5.41) is 0. The predicted molar refractivity (Wildman–Crippen MR) is 419 cm³/mol. The first-order chi connectivity index (χ1) is 46.7. The van der Waals surface area contributed by atoms with Crippen LogP contribution in [0, 0.1) is 13.8 Å². The van der Waals surface area contributed by atoms with Crippen LogP contribution in [0.15, 0.2) is 243 Å². The third-order valence-electron chi connectivity index (χ3n) is 19.9. The van der Waals surface area contributed by atoms with E-state index in [1.807, 2.05) is 0 Å². The molecule has 490 valence electrons. The minimum Gasteiger partial charge on any atom is -0.310 e. The summed E-state index contributed by atoms with van der Waals surface area (Å²) >= 11 is 0. The van der Waals surface area contributed by atoms with Gasteiger partial charge in [-0.25, -0.2) is 0 Å². The van der Waals surface area contributed by atoms with Gasteiger partial charge in [-0.05, 0) is 254 Å². The molecule has 96 heavy (non-hydrogen) atoms. The molecule has 0 aliphatic heterocycles. The Balaban J connectivity index is 0.973. The predicted octanol–water partition coefficient (Wildman–Crippen LogP) is 28.2. The summed E-state index contributed by atoms with van der Waals surface area (Å²) in [5.74, 6) is 0.497. The van der Waals surface area contributed by atoms with Crippen molar-refractivity contribution < 1.29 is 0 Å². The van der Waals surface area contributed by atoms with E-state index in [0.717, 1.165) is 79.1 Å². The second-order valence-corrected chi connectivity index (χ2v) is 28.5. The Bertz CT molecular complexity index is 4260. The lowest BCUT2D eigenvalue weighted by Crippen LogP contribution is -2.11. The molecule has 0 N–H and O–H groups in total. The Hall–Kier alpha value is -8.98. The lowest BCUT2D eigenvalue weighted by Gasteiger charge is -2.28. The zero-order valence-electron chi connectivity index (χ0n) is 59.7. The topological polar surface area (TPSA) is 6.48 Å². The fraction of sp³-hybridized carbons (Fsp3) is 0.298. The SMILES string of the molecule is CCCCCCc1cc(-c2ccc(N(c3ccc(-c4ccc(CCCC)cc4)cc3)c3ccc(-c4ccc(C(C)(C)C)cc4)cc3)cc2C)c(CCCCCC)cc1-c1ccc(N(c2ccc(-c3ccc(CCC)cc3)cc2)c2ccc(-c3ccc(C(C)C)cc3)cc2)cc1C. The normalized spacial score (nSPS) is 11.6. The maximum Gasteiger partial charge on any atom is 0.0464 e. The number of rotatable bonds is 28. The van der Waals surface area contributed by atoms with E-state index in [-0.39, 0.29) is 5.41 Å². The maximum absolute atomic E-state index is 2.62. The van der Waals surface area contributed by atoms with Crippen LogP contribution in [0.4, 0.5) is 34.1 Å². The first-order valence-electron chi connectivity index (χ1n) is 36.5. The number of hydrogen-bond donors (Lipinski definition) is 0. The average molecular weight is 1260 g/mol. The minimum atomic E-state index is 0.103. The summed E-state index contributed by atoms with van der Waals surface area (Å²) in [7, 11) is 0. The standard InChI is InChI=1S/C94H104N2/c1-12-16-19-21-25-81-66-93(91-62-60-89(64-69(91)8)96(85-53-43-78(44-54-85)74-33-29-71(30-34-74)24-18-14-3)87-57-47-80(48-58-87)76-39-49-83(50-40-76)94(9,10)11)82(26-22-20-17-13-2)65-92(81)90-61-59-88(63-68(90)7)95(84-51-41-77(42-52-84)73-31-27-70(23-15-4)28-32-73)86-55-45-79(46-56-86)75-37-35-72(36-38-75)67(5)6/h27-67H,12-26H2,1-11H3. The third-order valence-corrected chi connectivity index (χ3v) is 19.9. The molecule has 0 spiro atoms. The molecule has 0 heterocycles. The molecule has 0 saturated heterocycles. The quantitative estimate of drug-likeness (QED) is 0.0451. The summed E-state index contributed by atoms with van der Waals surface area (Å²) in [6, 6.07) is 93.1. The van der Waals surface area contributed by atoms with Crippen LogP contribution < -0.4 is 9.80 Å². The van der Waals surface area contributed by atoms with Gasteiger partial charge in [0.25, 0.3) is 0 Å². The van der Waals surface area contributed by atoms with E-state index >= 15 is 0 Å². The summed E-state index contributed by atoms with van der Waals surface area (Å²) in [6.07, 6.45) is 17.6. The van der Waals surface area contributed by atoms with Crippen molar-refractivity contribution in [3.63, 3.8) is 0 Å². The zero-order valence-corrected chi connectivity index (χ0v) is 59.7. The van der Waals surface area contributed by atoms with E-state index in [0.29, 0.717) is 5.92 Å². The highest BCUT2D eigenvalue weighted by molar-refractivity contribution is 5.87. The fourth-order valence-electron chi connectivity index (χ4n) is 14.0. The second-order valence-electron chi connectivity index (χ2n) is 28.5. The van der Waals surface area contributed by atoms with E-state index < -0.39 is 0 Å². The summed E-state index contributed by atoms with van der Waals surface area (Å²) < 4.78 is 0. The van der Waals surface area contributed by atoms with Gasteiger partial charge in [0.2, 0.25) is 0 Å². The van der Waals surface area contributed by atoms with Crippen molar-refractivity contribution >= 4 is 34.1 Å². The Labute approximate surface area is 578 Å². The van der Waals surface area contributed by atoms with Crippen LogP contribution in [0.3, 0.4) is 0 Å². The Morgan fingerprint density at radius 1 is 0.281 bits per heavy atom. The molecule has 0 aliphatic carbocycles. The van der Waals surface area contributed by atoms with Crippen molar-refractivity contribution in [2.75, 3.05) is 9.80 Å². The summed E-state index contributed by atoms with van der Waals surface area (Å²) in [5.41, 5.74) is 33.1. The molecule has 2 nitrogen and oxygen atoms in total. The Morgan fingerprint density at radius 2 is 0.594 bits per heavy atom. The lowest BCUT2D eigenvalue weighted by atomic mass is 9.84. The smallest absolute Gasteiger partial charge is 0.0464 e. The Morgan fingerprint density at radius 3 is 0.906 bits per heavy atom. The highest BCUT2D eigenvalue weighted by atomic mass is 15.1. The maximum atomic E-state index is 2.62. The van der Waals surface area contributed by atoms with Gasteiger partial charge in [0, 0.05) is 34.1 Å². The van der Waals surface area contributed by atoms with Gasteiger partial charge < -0.3 is 9.80 Å². The van der Waals surface area contributed by atoms with Gasteiger partial charge >= 0.3 is 0 Å². The molecule has 11 aromatic rings. The molecular weight excluding hydrogens is 1160 g/mol. The molecule has 0 atom stereocenters. The number of hydrogen-bond acceptors (Lipinski definition) is 2. The van der Waals surface area contributed by atoms with Crippen LogP contribution in [0.2, 0.25) is 0 Å². The van der Waals surface area contributed by atoms with E-state index in [1.165, 1.54) is 163 Å². The highest BCUT2D eigenvalue weighted by Crippen LogP contribution is 2.44. The molecule has 0 aromatic heterocycles. The monoisotopic (exact) mass is 1260 g/mol. The minimum absolute atomic E-state index is 0.103. The number of benzene rings is 11. The van der Waals surface area contributed by atoms with Crippen molar-refractivity contribution in [3.8, 4) is 66.8 Å². The molecule has 0 radical (unpaired) electrons. The van der Waals surface area contributed by atoms with Crippen molar-refractivity contribution in [1.29, 1.82) is 0 Å². The van der Waals surface area contributed by atoms with Gasteiger partial charge in [-0.3, -0.25) is 0 Å². The third kappa shape index (κ3) is 16.6. The van der Waals surface area contributed by atoms with Gasteiger partial charge in [0.15, 0.2) is 0 Å². The molecule has 0 bridgehead atoms. The van der Waals surface area contributed by atoms with E-state index in [4.69, 9.17) is 0 Å². The molecule has 0 fully saturated rings. The van der Waals surface area contributed by atoms with Crippen LogP contribution in [0.25, 0.3) is 66.8 Å². The van der Waals surface area contributed by atoms with Crippen molar-refractivity contribution in [3.05, 3.63) is 287 Å². The molecule has 0 aliphatic rings. The van der Waals surface area contributed by atoms with Crippen molar-refractivity contribution in [2.24, 2.45) is 0 Å². The van der Waals surface area contributed by atoms with E-state index in [2.05, 4.69) is 329 Å².